The van der Waals surface area contributed by atoms with Gasteiger partial charge in [-0.15, -0.1) is 16.8 Å². The van der Waals surface area contributed by atoms with Crippen LogP contribution in [0.25, 0.3) is 0 Å². The molecule has 1 aromatic heterocycles. The van der Waals surface area contributed by atoms with Gasteiger partial charge in [-0.2, -0.15) is 0 Å². The number of hydrogen-bond donors (Lipinski definition) is 1. The number of allylic oxidation sites excluding steroid dienone is 1. The topological polar surface area (TPSA) is 86.1 Å². The van der Waals surface area contributed by atoms with Gasteiger partial charge in [-0.3, -0.25) is 14.2 Å². The third-order valence-corrected chi connectivity index (χ3v) is 5.60. The highest BCUT2D eigenvalue weighted by atomic mass is 32.2. The number of carbonyl (C=O) groups is 2. The minimum Gasteiger partial charge on any atom is -0.483 e. The Morgan fingerprint density at radius 3 is 2.62 bits per heavy atom. The van der Waals surface area contributed by atoms with Crippen LogP contribution in [-0.2, 0) is 11.3 Å². The molecule has 1 N–H and O–H groups in total. The Labute approximate surface area is 191 Å². The molecule has 0 fully saturated rings. The summed E-state index contributed by atoms with van der Waals surface area (Å²) in [6.07, 6.45) is 1.43. The Kier molecular flexibility index (Phi) is 7.83. The highest BCUT2D eigenvalue weighted by molar-refractivity contribution is 7.99. The van der Waals surface area contributed by atoms with Crippen LogP contribution in [0, 0.1) is 6.92 Å². The van der Waals surface area contributed by atoms with Crippen molar-refractivity contribution in [3.8, 4) is 5.75 Å². The van der Waals surface area contributed by atoms with Crippen molar-refractivity contribution in [1.82, 2.24) is 14.8 Å². The van der Waals surface area contributed by atoms with Gasteiger partial charge in [-0.05, 0) is 62.7 Å². The van der Waals surface area contributed by atoms with Crippen LogP contribution in [0.5, 0.6) is 5.75 Å². The standard InChI is InChI=1S/C24H26N4O3S/c1-5-13-28-23(18(4)31-21-8-6-7-16(2)14-21)26-27-24(28)32-15-22(30)25-20-11-9-19(10-12-20)17(3)29/h5-12,14,18H,1,13,15H2,2-4H3,(H,25,30). The van der Waals surface area contributed by atoms with E-state index in [1.54, 1.807) is 30.3 Å². The van der Waals surface area contributed by atoms with Crippen LogP contribution in [0.15, 0.2) is 66.3 Å². The van der Waals surface area contributed by atoms with Gasteiger partial charge in [0.25, 0.3) is 0 Å². The van der Waals surface area contributed by atoms with Gasteiger partial charge in [0.05, 0.1) is 5.75 Å². The van der Waals surface area contributed by atoms with E-state index in [9.17, 15) is 9.59 Å². The molecule has 3 aromatic rings. The summed E-state index contributed by atoms with van der Waals surface area (Å²) in [6.45, 7) is 9.74. The summed E-state index contributed by atoms with van der Waals surface area (Å²) >= 11 is 1.29. The molecule has 0 spiro atoms. The Morgan fingerprint density at radius 2 is 1.97 bits per heavy atom. The number of ketones is 1. The normalized spacial score (nSPS) is 11.6. The lowest BCUT2D eigenvalue weighted by molar-refractivity contribution is -0.113. The van der Waals surface area contributed by atoms with Crippen molar-refractivity contribution in [3.05, 3.63) is 78.1 Å². The quantitative estimate of drug-likeness (QED) is 0.270. The van der Waals surface area contributed by atoms with Gasteiger partial charge in [0.15, 0.2) is 22.9 Å². The molecule has 166 valence electrons. The van der Waals surface area contributed by atoms with Gasteiger partial charge in [0.1, 0.15) is 5.75 Å². The summed E-state index contributed by atoms with van der Waals surface area (Å²) in [7, 11) is 0. The van der Waals surface area contributed by atoms with Gasteiger partial charge >= 0.3 is 0 Å². The van der Waals surface area contributed by atoms with Crippen LogP contribution in [0.2, 0.25) is 0 Å². The maximum atomic E-state index is 12.4. The summed E-state index contributed by atoms with van der Waals surface area (Å²) in [5, 5.41) is 12.0. The average Bonchev–Trinajstić information content (AvgIpc) is 3.16. The fourth-order valence-electron chi connectivity index (χ4n) is 3.07. The first-order valence-corrected chi connectivity index (χ1v) is 11.2. The number of hydrogen-bond acceptors (Lipinski definition) is 6. The van der Waals surface area contributed by atoms with E-state index >= 15 is 0 Å². The van der Waals surface area contributed by atoms with Crippen LogP contribution in [0.1, 0.15) is 41.7 Å². The van der Waals surface area contributed by atoms with Crippen molar-refractivity contribution in [2.75, 3.05) is 11.1 Å². The molecule has 0 saturated carbocycles. The molecule has 0 aliphatic heterocycles. The van der Waals surface area contributed by atoms with Crippen molar-refractivity contribution in [1.29, 1.82) is 0 Å². The summed E-state index contributed by atoms with van der Waals surface area (Å²) < 4.78 is 7.94. The monoisotopic (exact) mass is 450 g/mol. The molecule has 1 heterocycles. The van der Waals surface area contributed by atoms with Crippen LogP contribution in [-0.4, -0.2) is 32.2 Å². The Balaban J connectivity index is 1.64. The highest BCUT2D eigenvalue weighted by Gasteiger charge is 2.20. The summed E-state index contributed by atoms with van der Waals surface area (Å²) in [5.41, 5.74) is 2.35. The first-order valence-electron chi connectivity index (χ1n) is 10.2. The van der Waals surface area contributed by atoms with Gasteiger partial charge < -0.3 is 10.1 Å². The fourth-order valence-corrected chi connectivity index (χ4v) is 3.82. The zero-order valence-electron chi connectivity index (χ0n) is 18.4. The Morgan fingerprint density at radius 1 is 1.22 bits per heavy atom. The first-order chi connectivity index (χ1) is 15.4. The van der Waals surface area contributed by atoms with Gasteiger partial charge in [-0.1, -0.05) is 30.0 Å². The van der Waals surface area contributed by atoms with E-state index in [0.29, 0.717) is 28.8 Å². The molecule has 0 bridgehead atoms. The number of nitrogens with one attached hydrogen (secondary N) is 1. The maximum absolute atomic E-state index is 12.4. The largest absolute Gasteiger partial charge is 0.483 e. The second kappa shape index (κ2) is 10.8. The first kappa shape index (κ1) is 23.3. The number of amides is 1. The van der Waals surface area contributed by atoms with Crippen molar-refractivity contribution in [2.24, 2.45) is 0 Å². The molecule has 1 atom stereocenters. The maximum Gasteiger partial charge on any atom is 0.234 e. The second-order valence-corrected chi connectivity index (χ2v) is 8.23. The smallest absolute Gasteiger partial charge is 0.234 e. The molecule has 3 rings (SSSR count). The molecule has 8 heteroatoms. The van der Waals surface area contributed by atoms with E-state index in [-0.39, 0.29) is 23.5 Å². The minimum absolute atomic E-state index is 0.0172. The molecular weight excluding hydrogens is 424 g/mol. The molecule has 1 unspecified atom stereocenters. The number of nitrogens with zero attached hydrogens (tertiary/aromatic N) is 3. The second-order valence-electron chi connectivity index (χ2n) is 7.29. The number of aryl methyl sites for hydroxylation is 1. The van der Waals surface area contributed by atoms with Gasteiger partial charge in [-0.25, -0.2) is 0 Å². The fraction of sp³-hybridized carbons (Fsp3) is 0.250. The zero-order valence-corrected chi connectivity index (χ0v) is 19.2. The SMILES string of the molecule is C=CCn1c(SCC(=O)Nc2ccc(C(C)=O)cc2)nnc1C(C)Oc1cccc(C)c1. The lowest BCUT2D eigenvalue weighted by Gasteiger charge is -2.16. The number of benzene rings is 2. The average molecular weight is 451 g/mol. The molecular formula is C24H26N4O3S. The van der Waals surface area contributed by atoms with Crippen molar-refractivity contribution in [2.45, 2.75) is 38.6 Å². The lowest BCUT2D eigenvalue weighted by atomic mass is 10.1. The van der Waals surface area contributed by atoms with E-state index in [1.807, 2.05) is 42.7 Å². The van der Waals surface area contributed by atoms with Crippen molar-refractivity contribution >= 4 is 29.1 Å². The molecule has 0 aliphatic carbocycles. The van der Waals surface area contributed by atoms with E-state index in [1.165, 1.54) is 18.7 Å². The molecule has 0 saturated heterocycles. The predicted molar refractivity (Wildman–Crippen MR) is 126 cm³/mol. The Bertz CT molecular complexity index is 1110. The van der Waals surface area contributed by atoms with Crippen LogP contribution >= 0.6 is 11.8 Å². The number of thioether (sulfide) groups is 1. The number of anilines is 1. The molecule has 7 nitrogen and oxygen atoms in total. The van der Waals surface area contributed by atoms with E-state index < -0.39 is 0 Å². The zero-order chi connectivity index (χ0) is 23.1. The minimum atomic E-state index is -0.327. The molecule has 32 heavy (non-hydrogen) atoms. The van der Waals surface area contributed by atoms with Crippen LogP contribution in [0.3, 0.4) is 0 Å². The van der Waals surface area contributed by atoms with Gasteiger partial charge in [0.2, 0.25) is 5.91 Å². The summed E-state index contributed by atoms with van der Waals surface area (Å²) in [5.74, 6) is 1.39. The number of aromatic nitrogens is 3. The van der Waals surface area contributed by atoms with E-state index in [2.05, 4.69) is 22.1 Å². The summed E-state index contributed by atoms with van der Waals surface area (Å²) in [4.78, 5) is 23.8. The molecule has 2 aromatic carbocycles. The molecule has 0 radical (unpaired) electrons. The van der Waals surface area contributed by atoms with Crippen LogP contribution in [0.4, 0.5) is 5.69 Å². The Hall–Kier alpha value is -3.39. The predicted octanol–water partition coefficient (Wildman–Crippen LogP) is 4.85. The van der Waals surface area contributed by atoms with Crippen molar-refractivity contribution in [3.63, 3.8) is 0 Å². The summed E-state index contributed by atoms with van der Waals surface area (Å²) in [6, 6.07) is 14.6. The number of ether oxygens (including phenoxy) is 1. The van der Waals surface area contributed by atoms with Gasteiger partial charge in [0, 0.05) is 17.8 Å². The molecule has 0 aliphatic rings. The number of Topliss-reactive ketones (excluding diaryl/α,β-unsaturated/α-hetero) is 1. The third kappa shape index (κ3) is 6.07. The number of rotatable bonds is 10. The highest BCUT2D eigenvalue weighted by Crippen LogP contribution is 2.25. The van der Waals surface area contributed by atoms with E-state index in [4.69, 9.17) is 4.74 Å². The molecule has 1 amide bonds. The third-order valence-electron chi connectivity index (χ3n) is 4.63. The lowest BCUT2D eigenvalue weighted by Crippen LogP contribution is -2.15. The van der Waals surface area contributed by atoms with Crippen molar-refractivity contribution < 1.29 is 14.3 Å². The number of carbonyl (C=O) groups excluding carboxylic acids is 2. The van der Waals surface area contributed by atoms with Crippen LogP contribution < -0.4 is 10.1 Å². The van der Waals surface area contributed by atoms with E-state index in [0.717, 1.165) is 11.3 Å².